The van der Waals surface area contributed by atoms with E-state index in [-0.39, 0.29) is 19.3 Å². The molecule has 0 bridgehead atoms. The van der Waals surface area contributed by atoms with Crippen LogP contribution in [0, 0.1) is 0 Å². The topological polar surface area (TPSA) is 231 Å². The summed E-state index contributed by atoms with van der Waals surface area (Å²) in [4.78, 5) is 58.2. The van der Waals surface area contributed by atoms with E-state index in [4.69, 9.17) is 32.3 Å². The molecule has 0 aromatic carbocycles. The highest BCUT2D eigenvalue weighted by Crippen LogP contribution is 2.45. The minimum absolute atomic E-state index is 0.0820. The summed E-state index contributed by atoms with van der Waals surface area (Å²) < 4.78 is 60.7. The number of rotatable bonds is 62. The average Bonchev–Trinajstić information content (AvgIpc) is 3.70. The lowest BCUT2D eigenvalue weighted by Crippen LogP contribution is -2.30. The molecule has 87 heavy (non-hydrogen) atoms. The molecular formula is C69H118O16P2. The number of unbranched alkanes of at least 4 members (excludes halogenated alkanes) is 21. The Labute approximate surface area is 526 Å². The molecule has 0 aromatic rings. The largest absolute Gasteiger partial charge is 0.472 e. The van der Waals surface area contributed by atoms with Gasteiger partial charge in [-0.05, 0) is 122 Å². The van der Waals surface area contributed by atoms with Crippen LogP contribution in [0.3, 0.4) is 0 Å². The van der Waals surface area contributed by atoms with Crippen molar-refractivity contribution >= 4 is 33.6 Å². The zero-order valence-electron chi connectivity index (χ0n) is 53.9. The van der Waals surface area contributed by atoms with Gasteiger partial charge in [0.15, 0.2) is 6.10 Å². The molecule has 0 aromatic heterocycles. The minimum Gasteiger partial charge on any atom is -0.463 e. The monoisotopic (exact) mass is 1260 g/mol. The van der Waals surface area contributed by atoms with Crippen LogP contribution < -0.4 is 0 Å². The van der Waals surface area contributed by atoms with Crippen LogP contribution in [0.5, 0.6) is 0 Å². The first-order chi connectivity index (χ1) is 42.2. The normalized spacial score (nSPS) is 15.0. The molecule has 0 rings (SSSR count). The molecule has 5 unspecified atom stereocenters. The van der Waals surface area contributed by atoms with Gasteiger partial charge in [-0.1, -0.05) is 220 Å². The number of aliphatic hydroxyl groups is 2. The average molecular weight is 1270 g/mol. The second kappa shape index (κ2) is 62.4. The Balaban J connectivity index is 4.60. The van der Waals surface area contributed by atoms with Gasteiger partial charge in [-0.3, -0.25) is 32.5 Å². The molecule has 500 valence electrons. The molecule has 0 spiro atoms. The van der Waals surface area contributed by atoms with Crippen molar-refractivity contribution < 1.29 is 75.8 Å². The van der Waals surface area contributed by atoms with Gasteiger partial charge < -0.3 is 34.2 Å². The van der Waals surface area contributed by atoms with E-state index in [9.17, 15) is 43.5 Å². The predicted molar refractivity (Wildman–Crippen MR) is 353 cm³/mol. The molecule has 0 amide bonds. The summed E-state index contributed by atoms with van der Waals surface area (Å²) in [5, 5.41) is 20.5. The van der Waals surface area contributed by atoms with Crippen LogP contribution in [0.1, 0.15) is 252 Å². The number of hydrogen-bond acceptors (Lipinski definition) is 14. The molecule has 18 heteroatoms. The first-order valence-electron chi connectivity index (χ1n) is 33.2. The summed E-state index contributed by atoms with van der Waals surface area (Å²) in [7, 11) is -9.78. The number of aliphatic hydroxyl groups excluding tert-OH is 2. The highest BCUT2D eigenvalue weighted by molar-refractivity contribution is 7.47. The number of hydrogen-bond donors (Lipinski definition) is 4. The molecule has 0 fully saturated rings. The SMILES string of the molecule is CC/C=C\C/C=C\C/C=C\CCCCCCCC(=O)OCC(COP(=O)(O)OCC(O)COP(=O)(O)OCC(O)COC(=O)CCCCCCCCC/C=C\C/C=C\C/C=C\C/C=C\CCCCC)OC(=O)CCCCCCC/C=C\C/C=C\CCC. The van der Waals surface area contributed by atoms with Crippen LogP contribution in [-0.2, 0) is 55.8 Å². The third kappa shape index (κ3) is 63.6. The number of allylic oxidation sites excluding steroid dienone is 18. The number of esters is 3. The van der Waals surface area contributed by atoms with Crippen molar-refractivity contribution in [3.05, 3.63) is 109 Å². The molecule has 0 aliphatic rings. The van der Waals surface area contributed by atoms with Gasteiger partial charge in [0.1, 0.15) is 25.4 Å². The van der Waals surface area contributed by atoms with Crippen molar-refractivity contribution in [3.63, 3.8) is 0 Å². The van der Waals surface area contributed by atoms with Crippen molar-refractivity contribution in [2.75, 3.05) is 39.6 Å². The van der Waals surface area contributed by atoms with E-state index in [1.807, 2.05) is 0 Å². The van der Waals surface area contributed by atoms with Gasteiger partial charge in [-0.2, -0.15) is 0 Å². The van der Waals surface area contributed by atoms with Crippen molar-refractivity contribution in [2.24, 2.45) is 0 Å². The third-order valence-electron chi connectivity index (χ3n) is 13.4. The number of phosphoric ester groups is 2. The number of ether oxygens (including phenoxy) is 3. The zero-order valence-corrected chi connectivity index (χ0v) is 55.7. The van der Waals surface area contributed by atoms with Crippen LogP contribution in [0.25, 0.3) is 0 Å². The zero-order chi connectivity index (χ0) is 63.8. The van der Waals surface area contributed by atoms with Gasteiger partial charge in [0.25, 0.3) is 0 Å². The summed E-state index contributed by atoms with van der Waals surface area (Å²) >= 11 is 0. The molecule has 4 N–H and O–H groups in total. The quantitative estimate of drug-likeness (QED) is 0.0146. The molecule has 0 radical (unpaired) electrons. The molecule has 0 aliphatic carbocycles. The van der Waals surface area contributed by atoms with Crippen LogP contribution in [0.2, 0.25) is 0 Å². The molecule has 0 heterocycles. The van der Waals surface area contributed by atoms with E-state index in [0.717, 1.165) is 167 Å². The number of carbonyl (C=O) groups is 3. The van der Waals surface area contributed by atoms with Crippen LogP contribution >= 0.6 is 15.6 Å². The lowest BCUT2D eigenvalue weighted by atomic mass is 10.1. The Morgan fingerprint density at radius 1 is 0.333 bits per heavy atom. The Morgan fingerprint density at radius 2 is 0.632 bits per heavy atom. The van der Waals surface area contributed by atoms with Crippen molar-refractivity contribution in [1.29, 1.82) is 0 Å². The predicted octanol–water partition coefficient (Wildman–Crippen LogP) is 18.1. The fourth-order valence-electron chi connectivity index (χ4n) is 8.37. The van der Waals surface area contributed by atoms with E-state index in [0.29, 0.717) is 19.3 Å². The van der Waals surface area contributed by atoms with Crippen LogP contribution in [0.15, 0.2) is 109 Å². The Morgan fingerprint density at radius 3 is 1.01 bits per heavy atom. The summed E-state index contributed by atoms with van der Waals surface area (Å²) in [6.45, 7) is 2.39. The van der Waals surface area contributed by atoms with Gasteiger partial charge in [-0.15, -0.1) is 0 Å². The fraction of sp³-hybridized carbons (Fsp3) is 0.696. The van der Waals surface area contributed by atoms with Gasteiger partial charge >= 0.3 is 33.6 Å². The van der Waals surface area contributed by atoms with Gasteiger partial charge in [0.2, 0.25) is 0 Å². The summed E-state index contributed by atoms with van der Waals surface area (Å²) in [5.74, 6) is -1.63. The summed E-state index contributed by atoms with van der Waals surface area (Å²) in [6, 6.07) is 0. The second-order valence-corrected chi connectivity index (χ2v) is 24.8. The maximum Gasteiger partial charge on any atom is 0.472 e. The van der Waals surface area contributed by atoms with Gasteiger partial charge in [-0.25, -0.2) is 9.13 Å². The summed E-state index contributed by atoms with van der Waals surface area (Å²) in [6.07, 6.45) is 68.6. The van der Waals surface area contributed by atoms with Crippen LogP contribution in [-0.4, -0.2) is 95.9 Å². The Hall–Kier alpha value is -3.79. The molecule has 0 saturated carbocycles. The van der Waals surface area contributed by atoms with E-state index >= 15 is 0 Å². The Bertz CT molecular complexity index is 2030. The lowest BCUT2D eigenvalue weighted by Gasteiger charge is -2.21. The van der Waals surface area contributed by atoms with Crippen molar-refractivity contribution in [1.82, 2.24) is 0 Å². The molecule has 5 atom stereocenters. The number of phosphoric acid groups is 2. The van der Waals surface area contributed by atoms with Gasteiger partial charge in [0, 0.05) is 19.3 Å². The molecule has 16 nitrogen and oxygen atoms in total. The highest BCUT2D eigenvalue weighted by Gasteiger charge is 2.29. The fourth-order valence-corrected chi connectivity index (χ4v) is 9.95. The van der Waals surface area contributed by atoms with E-state index < -0.39 is 91.5 Å². The second-order valence-electron chi connectivity index (χ2n) is 21.9. The minimum atomic E-state index is -4.93. The molecule has 0 saturated heterocycles. The summed E-state index contributed by atoms with van der Waals surface area (Å²) in [5.41, 5.74) is 0. The lowest BCUT2D eigenvalue weighted by molar-refractivity contribution is -0.161. The first-order valence-corrected chi connectivity index (χ1v) is 36.2. The van der Waals surface area contributed by atoms with Crippen LogP contribution in [0.4, 0.5) is 0 Å². The van der Waals surface area contributed by atoms with E-state index in [1.165, 1.54) is 25.7 Å². The molecule has 0 aliphatic heterocycles. The van der Waals surface area contributed by atoms with Crippen molar-refractivity contribution in [2.45, 2.75) is 270 Å². The molecular weight excluding hydrogens is 1150 g/mol. The highest BCUT2D eigenvalue weighted by atomic mass is 31.2. The maximum absolute atomic E-state index is 12.9. The first kappa shape index (κ1) is 83.2. The maximum atomic E-state index is 12.9. The Kier molecular flexibility index (Phi) is 59.7. The van der Waals surface area contributed by atoms with Gasteiger partial charge in [0.05, 0.1) is 26.4 Å². The third-order valence-corrected chi connectivity index (χ3v) is 15.3. The van der Waals surface area contributed by atoms with E-state index in [2.05, 4.69) is 130 Å². The van der Waals surface area contributed by atoms with Crippen molar-refractivity contribution in [3.8, 4) is 0 Å². The smallest absolute Gasteiger partial charge is 0.463 e. The number of carbonyl (C=O) groups excluding carboxylic acids is 3. The van der Waals surface area contributed by atoms with E-state index in [1.54, 1.807) is 0 Å². The standard InChI is InChI=1S/C69H118O16P2/c1-4-7-10-13-16-19-22-25-27-28-29-30-31-32-33-34-36-39-40-43-46-49-52-55-67(72)79-58-64(70)59-81-86(75,76)82-60-65(71)61-83-87(77,78)84-63-66(85-69(74)57-54-51-48-45-42-37-24-21-18-15-12-9-6-3)62-80-68(73)56-53-50-47-44-41-38-35-26-23-20-17-14-11-8-5-2/h8,11-12,15-17,19-21,24-27,29-30,32-33,35,64-66,70-71H,4-7,9-10,13-14,18,22-23,28,31,34,36-63H2,1-3H3,(H,75,76)(H,77,78)/b11-8-,15-12-,19-16-,20-17-,24-21-,27-25-,30-29-,33-32-,35-26-.